The summed E-state index contributed by atoms with van der Waals surface area (Å²) in [5.74, 6) is -0.502. The number of aromatic nitrogens is 1. The van der Waals surface area contributed by atoms with Crippen LogP contribution in [0, 0.1) is 11.3 Å². The third-order valence-corrected chi connectivity index (χ3v) is 4.07. The number of carbonyl (C=O) groups is 1. The first-order valence-corrected chi connectivity index (χ1v) is 8.16. The zero-order valence-electron chi connectivity index (χ0n) is 12.5. The van der Waals surface area contributed by atoms with E-state index in [9.17, 15) is 14.9 Å². The lowest BCUT2D eigenvalue weighted by molar-refractivity contribution is 0.0497. The van der Waals surface area contributed by atoms with Crippen LogP contribution in [0.15, 0.2) is 34.1 Å². The number of nitriles is 1. The summed E-state index contributed by atoms with van der Waals surface area (Å²) in [6, 6.07) is 7.01. The Hall–Kier alpha value is -2.26. The number of thioether (sulfide) groups is 1. The lowest BCUT2D eigenvalue weighted by Crippen LogP contribution is -2.22. The number of fused-ring (bicyclic) bond motifs is 1. The molecule has 0 aliphatic carbocycles. The van der Waals surface area contributed by atoms with Crippen LogP contribution < -0.4 is 5.56 Å². The highest BCUT2D eigenvalue weighted by atomic mass is 32.2. The van der Waals surface area contributed by atoms with Crippen LogP contribution in [0.2, 0.25) is 0 Å². The molecule has 0 aromatic carbocycles. The molecule has 22 heavy (non-hydrogen) atoms. The molecule has 0 aliphatic heterocycles. The lowest BCUT2D eigenvalue weighted by Gasteiger charge is -2.13. The molecule has 2 rings (SSSR count). The number of nitrogens with zero attached hydrogens (tertiary/aromatic N) is 2. The Labute approximate surface area is 132 Å². The van der Waals surface area contributed by atoms with Crippen LogP contribution in [0.4, 0.5) is 0 Å². The summed E-state index contributed by atoms with van der Waals surface area (Å²) < 4.78 is 6.60. The number of pyridine rings is 2. The maximum atomic E-state index is 12.4. The Morgan fingerprint density at radius 1 is 1.45 bits per heavy atom. The molecule has 5 nitrogen and oxygen atoms in total. The fraction of sp³-hybridized carbons (Fsp3) is 0.312. The van der Waals surface area contributed by atoms with Gasteiger partial charge in [0.05, 0.1) is 17.7 Å². The maximum absolute atomic E-state index is 12.4. The van der Waals surface area contributed by atoms with Gasteiger partial charge in [0.1, 0.15) is 11.6 Å². The molecule has 2 heterocycles. The highest BCUT2D eigenvalue weighted by molar-refractivity contribution is 7.98. The highest BCUT2D eigenvalue weighted by Gasteiger charge is 2.23. The zero-order valence-corrected chi connectivity index (χ0v) is 13.3. The summed E-state index contributed by atoms with van der Waals surface area (Å²) in [4.78, 5) is 25.2. The number of carbonyl (C=O) groups excluding carboxylic acids is 1. The van der Waals surface area contributed by atoms with E-state index in [1.165, 1.54) is 16.2 Å². The van der Waals surface area contributed by atoms with Gasteiger partial charge in [-0.25, -0.2) is 4.79 Å². The minimum Gasteiger partial charge on any atom is -0.462 e. The van der Waals surface area contributed by atoms with Gasteiger partial charge in [0.2, 0.25) is 0 Å². The third-order valence-electron chi connectivity index (χ3n) is 3.25. The van der Waals surface area contributed by atoms with Crippen LogP contribution in [0.25, 0.3) is 5.52 Å². The fourth-order valence-corrected chi connectivity index (χ4v) is 2.89. The number of hydrogen-bond donors (Lipinski definition) is 0. The smallest absolute Gasteiger partial charge is 0.341 e. The highest BCUT2D eigenvalue weighted by Crippen LogP contribution is 2.27. The van der Waals surface area contributed by atoms with Crippen molar-refractivity contribution < 1.29 is 9.53 Å². The van der Waals surface area contributed by atoms with Crippen molar-refractivity contribution >= 4 is 23.2 Å². The average Bonchev–Trinajstić information content (AvgIpc) is 2.54. The first-order valence-electron chi connectivity index (χ1n) is 6.94. The second-order valence-corrected chi connectivity index (χ2v) is 5.46. The van der Waals surface area contributed by atoms with E-state index in [4.69, 9.17) is 4.74 Å². The molecule has 0 amide bonds. The molecular weight excluding hydrogens is 300 g/mol. The summed E-state index contributed by atoms with van der Waals surface area (Å²) in [5.41, 5.74) is 0.281. The number of hydrogen-bond acceptors (Lipinski definition) is 5. The van der Waals surface area contributed by atoms with Gasteiger partial charge in [-0.1, -0.05) is 19.4 Å². The van der Waals surface area contributed by atoms with Gasteiger partial charge in [-0.05, 0) is 24.8 Å². The molecule has 2 aromatic rings. The summed E-state index contributed by atoms with van der Waals surface area (Å²) in [5, 5.41) is 9.28. The monoisotopic (exact) mass is 316 g/mol. The lowest BCUT2D eigenvalue weighted by atomic mass is 10.1. The van der Waals surface area contributed by atoms with Crippen molar-refractivity contribution in [2.24, 2.45) is 0 Å². The molecule has 0 N–H and O–H groups in total. The summed E-state index contributed by atoms with van der Waals surface area (Å²) >= 11 is 1.21. The van der Waals surface area contributed by atoms with Gasteiger partial charge in [-0.15, -0.1) is 11.8 Å². The fourth-order valence-electron chi connectivity index (χ4n) is 2.16. The molecule has 2 aromatic heterocycles. The molecule has 114 valence electrons. The van der Waals surface area contributed by atoms with Crippen LogP contribution in [0.3, 0.4) is 0 Å². The van der Waals surface area contributed by atoms with Crippen LogP contribution in [0.5, 0.6) is 0 Å². The molecular formula is C16H16N2O3S. The Morgan fingerprint density at radius 3 is 2.86 bits per heavy atom. The molecule has 0 radical (unpaired) electrons. The Balaban J connectivity index is 2.70. The molecule has 0 saturated carbocycles. The van der Waals surface area contributed by atoms with Gasteiger partial charge >= 0.3 is 5.97 Å². The number of ether oxygens (including phenoxy) is 1. The molecule has 6 heteroatoms. The van der Waals surface area contributed by atoms with E-state index in [2.05, 4.69) is 0 Å². The molecule has 0 fully saturated rings. The first-order chi connectivity index (χ1) is 10.7. The van der Waals surface area contributed by atoms with E-state index >= 15 is 0 Å². The van der Waals surface area contributed by atoms with Crippen molar-refractivity contribution in [1.82, 2.24) is 4.40 Å². The second kappa shape index (κ2) is 7.14. The minimum absolute atomic E-state index is 0.0290. The van der Waals surface area contributed by atoms with Gasteiger partial charge in [-0.3, -0.25) is 9.20 Å². The van der Waals surface area contributed by atoms with E-state index in [-0.39, 0.29) is 11.1 Å². The first kappa shape index (κ1) is 16.1. The minimum atomic E-state index is -0.502. The Morgan fingerprint density at radius 2 is 2.23 bits per heavy atom. The second-order valence-electron chi connectivity index (χ2n) is 4.65. The Kier molecular flexibility index (Phi) is 5.23. The number of esters is 1. The predicted molar refractivity (Wildman–Crippen MR) is 85.4 cm³/mol. The van der Waals surface area contributed by atoms with Crippen molar-refractivity contribution in [2.45, 2.75) is 24.7 Å². The van der Waals surface area contributed by atoms with Gasteiger partial charge < -0.3 is 4.74 Å². The van der Waals surface area contributed by atoms with E-state index in [1.807, 2.05) is 13.0 Å². The normalized spacial score (nSPS) is 10.4. The number of unbranched alkanes of at least 4 members (excludes halogenated alkanes) is 1. The molecule has 0 saturated heterocycles. The zero-order chi connectivity index (χ0) is 16.1. The van der Waals surface area contributed by atoms with E-state index < -0.39 is 11.5 Å². The van der Waals surface area contributed by atoms with Crippen molar-refractivity contribution in [3.8, 4) is 6.07 Å². The van der Waals surface area contributed by atoms with Crippen molar-refractivity contribution in [1.29, 1.82) is 5.26 Å². The quantitative estimate of drug-likeness (QED) is 0.482. The molecule has 0 spiro atoms. The van der Waals surface area contributed by atoms with E-state index in [0.717, 1.165) is 12.8 Å². The molecule has 0 bridgehead atoms. The maximum Gasteiger partial charge on any atom is 0.341 e. The summed E-state index contributed by atoms with van der Waals surface area (Å²) in [6.07, 6.45) is 4.97. The van der Waals surface area contributed by atoms with Crippen LogP contribution in [0.1, 0.15) is 35.7 Å². The SMILES string of the molecule is CCCCOC(=O)c1c(SC)c(C#N)c(=O)n2ccccc12. The average molecular weight is 316 g/mol. The van der Waals surface area contributed by atoms with Crippen molar-refractivity contribution in [3.63, 3.8) is 0 Å². The molecule has 0 aliphatic rings. The topological polar surface area (TPSA) is 71.6 Å². The summed E-state index contributed by atoms with van der Waals surface area (Å²) in [6.45, 7) is 2.33. The standard InChI is InChI=1S/C16H16N2O3S/c1-3-4-9-21-16(20)13-12-7-5-6-8-18(12)15(19)11(10-17)14(13)22-2/h5-8H,3-4,9H2,1-2H3. The van der Waals surface area contributed by atoms with Crippen molar-refractivity contribution in [3.05, 3.63) is 45.9 Å². The van der Waals surface area contributed by atoms with E-state index in [0.29, 0.717) is 17.0 Å². The van der Waals surface area contributed by atoms with Crippen molar-refractivity contribution in [2.75, 3.05) is 12.9 Å². The van der Waals surface area contributed by atoms with Crippen LogP contribution >= 0.6 is 11.8 Å². The number of rotatable bonds is 5. The Bertz CT molecular complexity index is 805. The van der Waals surface area contributed by atoms with Gasteiger partial charge in [0.25, 0.3) is 5.56 Å². The molecule has 0 atom stereocenters. The molecule has 0 unspecified atom stereocenters. The van der Waals surface area contributed by atoms with Crippen LogP contribution in [-0.2, 0) is 4.74 Å². The van der Waals surface area contributed by atoms with Crippen LogP contribution in [-0.4, -0.2) is 23.2 Å². The predicted octanol–water partition coefficient (Wildman–Crippen LogP) is 2.85. The van der Waals surface area contributed by atoms with Gasteiger partial charge in [0.15, 0.2) is 0 Å². The van der Waals surface area contributed by atoms with Gasteiger partial charge in [0, 0.05) is 11.1 Å². The largest absolute Gasteiger partial charge is 0.462 e. The van der Waals surface area contributed by atoms with E-state index in [1.54, 1.807) is 30.7 Å². The third kappa shape index (κ3) is 2.85. The van der Waals surface area contributed by atoms with Gasteiger partial charge in [-0.2, -0.15) is 5.26 Å². The summed E-state index contributed by atoms with van der Waals surface area (Å²) in [7, 11) is 0.